The summed E-state index contributed by atoms with van der Waals surface area (Å²) in [5, 5.41) is 20.1. The van der Waals surface area contributed by atoms with Gasteiger partial charge in [0, 0.05) is 24.4 Å². The molecule has 144 valence electrons. The maximum Gasteiger partial charge on any atom is 0.416 e. The van der Waals surface area contributed by atoms with E-state index in [1.165, 1.54) is 15.8 Å². The lowest BCUT2D eigenvalue weighted by molar-refractivity contribution is -0.137. The number of alkyl halides is 3. The number of urea groups is 1. The Bertz CT molecular complexity index is 837. The Kier molecular flexibility index (Phi) is 4.25. The van der Waals surface area contributed by atoms with Gasteiger partial charge in [-0.1, -0.05) is 5.21 Å². The van der Waals surface area contributed by atoms with Crippen molar-refractivity contribution in [3.63, 3.8) is 0 Å². The van der Waals surface area contributed by atoms with Crippen LogP contribution in [0.5, 0.6) is 0 Å². The Balaban J connectivity index is 1.50. The number of nitrogens with zero attached hydrogens (tertiary/aromatic N) is 5. The van der Waals surface area contributed by atoms with Gasteiger partial charge in [0.1, 0.15) is 5.82 Å². The Morgan fingerprint density at radius 3 is 2.67 bits per heavy atom. The number of anilines is 1. The summed E-state index contributed by atoms with van der Waals surface area (Å²) in [5.41, 5.74) is -0.501. The number of carbonyl (C=O) groups is 1. The average Bonchev–Trinajstić information content (AvgIpc) is 3.17. The van der Waals surface area contributed by atoms with Gasteiger partial charge in [0.25, 0.3) is 0 Å². The molecule has 2 aliphatic rings. The van der Waals surface area contributed by atoms with E-state index in [0.29, 0.717) is 5.69 Å². The number of likely N-dealkylation sites (tertiary alicyclic amines) is 1. The van der Waals surface area contributed by atoms with Crippen molar-refractivity contribution >= 4 is 11.8 Å². The summed E-state index contributed by atoms with van der Waals surface area (Å²) in [6.45, 7) is 0.190. The molecule has 2 atom stereocenters. The van der Waals surface area contributed by atoms with Crippen molar-refractivity contribution in [2.75, 3.05) is 18.4 Å². The van der Waals surface area contributed by atoms with Crippen molar-refractivity contribution in [1.82, 2.24) is 24.9 Å². The van der Waals surface area contributed by atoms with Crippen molar-refractivity contribution in [3.8, 4) is 0 Å². The summed E-state index contributed by atoms with van der Waals surface area (Å²) in [5.74, 6) is -0.135. The van der Waals surface area contributed by atoms with Crippen LogP contribution in [0.1, 0.15) is 36.1 Å². The summed E-state index contributed by atoms with van der Waals surface area (Å²) < 4.78 is 40.8. The van der Waals surface area contributed by atoms with E-state index in [4.69, 9.17) is 0 Å². The van der Waals surface area contributed by atoms with E-state index in [1.807, 2.05) is 0 Å². The van der Waals surface area contributed by atoms with Gasteiger partial charge in [0.2, 0.25) is 0 Å². The summed E-state index contributed by atoms with van der Waals surface area (Å²) in [6, 6.07) is 0.777. The molecule has 2 amide bonds. The average molecular weight is 382 g/mol. The largest absolute Gasteiger partial charge is 0.416 e. The topological polar surface area (TPSA) is 96.2 Å². The molecule has 0 aromatic carbocycles. The molecule has 11 heteroatoms. The molecule has 3 heterocycles. The molecule has 0 unspecified atom stereocenters. The zero-order valence-electron chi connectivity index (χ0n) is 14.1. The minimum Gasteiger partial charge on any atom is -0.389 e. The van der Waals surface area contributed by atoms with Gasteiger partial charge in [-0.3, -0.25) is 5.32 Å². The van der Waals surface area contributed by atoms with Crippen LogP contribution in [0, 0.1) is 0 Å². The van der Waals surface area contributed by atoms with Gasteiger partial charge in [0.05, 0.1) is 30.5 Å². The molecule has 2 aromatic rings. The van der Waals surface area contributed by atoms with Gasteiger partial charge >= 0.3 is 12.2 Å². The molecule has 1 saturated heterocycles. The van der Waals surface area contributed by atoms with Crippen molar-refractivity contribution in [1.29, 1.82) is 0 Å². The van der Waals surface area contributed by atoms with Crippen LogP contribution in [0.4, 0.5) is 23.8 Å². The van der Waals surface area contributed by atoms with Crippen LogP contribution >= 0.6 is 0 Å². The van der Waals surface area contributed by atoms with Crippen LogP contribution in [0.2, 0.25) is 0 Å². The maximum atomic E-state index is 13.1. The fourth-order valence-electron chi connectivity index (χ4n) is 3.15. The first-order valence-electron chi connectivity index (χ1n) is 8.50. The predicted molar refractivity (Wildman–Crippen MR) is 86.9 cm³/mol. The molecule has 1 aliphatic heterocycles. The SMILES string of the molecule is O=C(Nc1cc(C(F)(F)F)cc(C2CC2)n1)N1C[C@@H](O)[C@H](n2ccnn2)C1. The molecule has 2 N–H and O–H groups in total. The van der Waals surface area contributed by atoms with Crippen molar-refractivity contribution in [2.24, 2.45) is 0 Å². The third-order valence-electron chi connectivity index (χ3n) is 4.73. The first kappa shape index (κ1) is 17.7. The highest BCUT2D eigenvalue weighted by Crippen LogP contribution is 2.41. The summed E-state index contributed by atoms with van der Waals surface area (Å²) in [6.07, 6.45) is -0.755. The second-order valence-corrected chi connectivity index (χ2v) is 6.79. The summed E-state index contributed by atoms with van der Waals surface area (Å²) >= 11 is 0. The Morgan fingerprint density at radius 2 is 2.04 bits per heavy atom. The Morgan fingerprint density at radius 1 is 1.26 bits per heavy atom. The Labute approximate surface area is 152 Å². The lowest BCUT2D eigenvalue weighted by atomic mass is 10.1. The normalized spacial score (nSPS) is 22.9. The highest BCUT2D eigenvalue weighted by atomic mass is 19.4. The van der Waals surface area contributed by atoms with E-state index in [9.17, 15) is 23.1 Å². The van der Waals surface area contributed by atoms with E-state index in [-0.39, 0.29) is 24.8 Å². The van der Waals surface area contributed by atoms with E-state index < -0.39 is 29.9 Å². The van der Waals surface area contributed by atoms with Crippen LogP contribution < -0.4 is 5.32 Å². The number of pyridine rings is 1. The minimum atomic E-state index is -4.52. The van der Waals surface area contributed by atoms with E-state index in [2.05, 4.69) is 20.6 Å². The van der Waals surface area contributed by atoms with Crippen molar-refractivity contribution in [3.05, 3.63) is 35.8 Å². The van der Waals surface area contributed by atoms with Gasteiger partial charge in [0.15, 0.2) is 0 Å². The molecule has 2 aromatic heterocycles. The first-order valence-corrected chi connectivity index (χ1v) is 8.50. The van der Waals surface area contributed by atoms with Gasteiger partial charge in [-0.25, -0.2) is 14.5 Å². The number of carbonyl (C=O) groups excluding carboxylic acids is 1. The fourth-order valence-corrected chi connectivity index (χ4v) is 3.15. The van der Waals surface area contributed by atoms with Crippen molar-refractivity contribution < 1.29 is 23.1 Å². The minimum absolute atomic E-state index is 0.00765. The zero-order valence-corrected chi connectivity index (χ0v) is 14.1. The lowest BCUT2D eigenvalue weighted by Crippen LogP contribution is -2.34. The number of hydrogen-bond donors (Lipinski definition) is 2. The van der Waals surface area contributed by atoms with E-state index >= 15 is 0 Å². The molecule has 1 saturated carbocycles. The predicted octanol–water partition coefficient (Wildman–Crippen LogP) is 2.02. The molecule has 2 fully saturated rings. The smallest absolute Gasteiger partial charge is 0.389 e. The van der Waals surface area contributed by atoms with Crippen LogP contribution in [0.25, 0.3) is 0 Å². The summed E-state index contributed by atoms with van der Waals surface area (Å²) in [7, 11) is 0. The van der Waals surface area contributed by atoms with Crippen LogP contribution in [0.15, 0.2) is 24.5 Å². The lowest BCUT2D eigenvalue weighted by Gasteiger charge is -2.18. The van der Waals surface area contributed by atoms with Gasteiger partial charge in [-0.2, -0.15) is 13.2 Å². The van der Waals surface area contributed by atoms with Crippen LogP contribution in [0.3, 0.4) is 0 Å². The molecule has 1 aliphatic carbocycles. The third-order valence-corrected chi connectivity index (χ3v) is 4.73. The molecule has 0 spiro atoms. The molecule has 0 bridgehead atoms. The second kappa shape index (κ2) is 6.48. The van der Waals surface area contributed by atoms with Crippen molar-refractivity contribution in [2.45, 2.75) is 37.1 Å². The highest BCUT2D eigenvalue weighted by Gasteiger charge is 2.37. The van der Waals surface area contributed by atoms with Crippen LogP contribution in [-0.4, -0.2) is 55.2 Å². The third kappa shape index (κ3) is 3.72. The standard InChI is InChI=1S/C16H17F3N6O2/c17-16(18,19)10-5-11(9-1-2-9)21-14(6-10)22-15(27)24-7-12(13(26)8-24)25-4-3-20-23-25/h3-6,9,12-13,26H,1-2,7-8H2,(H,21,22,27)/t12-,13-/m1/s1. The molecule has 4 rings (SSSR count). The quantitative estimate of drug-likeness (QED) is 0.847. The zero-order chi connectivity index (χ0) is 19.2. The van der Waals surface area contributed by atoms with E-state index in [1.54, 1.807) is 6.20 Å². The number of aromatic nitrogens is 4. The number of halogens is 3. The molecule has 0 radical (unpaired) electrons. The highest BCUT2D eigenvalue weighted by molar-refractivity contribution is 5.88. The number of rotatable bonds is 3. The number of aliphatic hydroxyl groups is 1. The van der Waals surface area contributed by atoms with Gasteiger partial charge < -0.3 is 10.0 Å². The number of amides is 2. The molecule has 8 nitrogen and oxygen atoms in total. The van der Waals surface area contributed by atoms with Gasteiger partial charge in [-0.05, 0) is 25.0 Å². The maximum absolute atomic E-state index is 13.1. The second-order valence-electron chi connectivity index (χ2n) is 6.79. The molecule has 27 heavy (non-hydrogen) atoms. The van der Waals surface area contributed by atoms with Crippen LogP contribution in [-0.2, 0) is 6.18 Å². The number of β-amino-alcohol motifs (C(OH)–C–C–N with tert-alkyl or cyclic N) is 1. The van der Waals surface area contributed by atoms with E-state index in [0.717, 1.165) is 25.0 Å². The molecular weight excluding hydrogens is 365 g/mol. The molecular formula is C16H17F3N6O2. The first-order chi connectivity index (χ1) is 12.8. The number of nitrogens with one attached hydrogen (secondary N) is 1. The monoisotopic (exact) mass is 382 g/mol. The fraction of sp³-hybridized carbons (Fsp3) is 0.500. The summed E-state index contributed by atoms with van der Waals surface area (Å²) in [4.78, 5) is 17.9. The number of aliphatic hydroxyl groups excluding tert-OH is 1. The van der Waals surface area contributed by atoms with Gasteiger partial charge in [-0.15, -0.1) is 5.10 Å². The number of hydrogen-bond acceptors (Lipinski definition) is 5. The Hall–Kier alpha value is -2.69.